The highest BCUT2D eigenvalue weighted by molar-refractivity contribution is 7.92. The average Bonchev–Trinajstić information content (AvgIpc) is 2.86. The maximum Gasteiger partial charge on any atom is 0.280 e. The molecule has 0 aliphatic rings. The van der Waals surface area contributed by atoms with E-state index in [2.05, 4.69) is 24.9 Å². The van der Waals surface area contributed by atoms with E-state index in [0.717, 1.165) is 11.4 Å². The molecule has 0 bridgehead atoms. The van der Waals surface area contributed by atoms with Crippen molar-refractivity contribution in [2.75, 3.05) is 4.72 Å². The van der Waals surface area contributed by atoms with Crippen molar-refractivity contribution in [2.45, 2.75) is 25.3 Å². The Bertz CT molecular complexity index is 615. The Morgan fingerprint density at radius 2 is 2.24 bits per heavy atom. The van der Waals surface area contributed by atoms with E-state index in [4.69, 9.17) is 0 Å². The summed E-state index contributed by atoms with van der Waals surface area (Å²) in [6.07, 6.45) is 1.99. The molecule has 0 atom stereocenters. The van der Waals surface area contributed by atoms with Crippen molar-refractivity contribution >= 4 is 26.5 Å². The lowest BCUT2D eigenvalue weighted by molar-refractivity contribution is 0.598. The second kappa shape index (κ2) is 4.41. The molecular formula is C8H11N5O2S2. The monoisotopic (exact) mass is 273 g/mol. The van der Waals surface area contributed by atoms with Gasteiger partial charge in [0.05, 0.1) is 6.20 Å². The second-order valence-electron chi connectivity index (χ2n) is 3.29. The van der Waals surface area contributed by atoms with Crippen molar-refractivity contribution in [2.24, 2.45) is 0 Å². The number of aromatic nitrogens is 4. The molecule has 2 aromatic heterocycles. The fourth-order valence-electron chi connectivity index (χ4n) is 1.14. The minimum absolute atomic E-state index is 0.0169. The van der Waals surface area contributed by atoms with E-state index in [1.54, 1.807) is 6.92 Å². The number of aryl methyl sites for hydroxylation is 2. The minimum Gasteiger partial charge on any atom is -0.332 e. The van der Waals surface area contributed by atoms with Crippen molar-refractivity contribution in [3.05, 3.63) is 17.0 Å². The summed E-state index contributed by atoms with van der Waals surface area (Å²) in [6, 6.07) is 0. The lowest BCUT2D eigenvalue weighted by Crippen LogP contribution is -2.13. The van der Waals surface area contributed by atoms with Crippen molar-refractivity contribution < 1.29 is 8.42 Å². The van der Waals surface area contributed by atoms with Gasteiger partial charge in [0, 0.05) is 0 Å². The van der Waals surface area contributed by atoms with Crippen LogP contribution in [-0.4, -0.2) is 28.6 Å². The van der Waals surface area contributed by atoms with Crippen molar-refractivity contribution in [1.29, 1.82) is 0 Å². The Balaban J connectivity index is 2.23. The Hall–Kier alpha value is -1.48. The van der Waals surface area contributed by atoms with Crippen LogP contribution in [-0.2, 0) is 16.4 Å². The van der Waals surface area contributed by atoms with E-state index in [1.165, 1.54) is 17.5 Å². The molecule has 2 heterocycles. The van der Waals surface area contributed by atoms with E-state index < -0.39 is 10.0 Å². The van der Waals surface area contributed by atoms with Gasteiger partial charge >= 0.3 is 0 Å². The fourth-order valence-corrected chi connectivity index (χ4v) is 3.02. The van der Waals surface area contributed by atoms with Gasteiger partial charge in [-0.15, -0.1) is 10.2 Å². The molecule has 2 N–H and O–H groups in total. The van der Waals surface area contributed by atoms with Gasteiger partial charge in [0.2, 0.25) is 5.13 Å². The van der Waals surface area contributed by atoms with E-state index >= 15 is 0 Å². The normalized spacial score (nSPS) is 11.6. The lowest BCUT2D eigenvalue weighted by Gasteiger charge is -2.00. The molecule has 2 aromatic rings. The predicted octanol–water partition coefficient (Wildman–Crippen LogP) is 0.933. The molecule has 0 saturated heterocycles. The highest BCUT2D eigenvalue weighted by atomic mass is 32.2. The predicted molar refractivity (Wildman–Crippen MR) is 63.4 cm³/mol. The van der Waals surface area contributed by atoms with Crippen LogP contribution < -0.4 is 4.72 Å². The number of anilines is 1. The van der Waals surface area contributed by atoms with Gasteiger partial charge in [-0.3, -0.25) is 4.72 Å². The first-order chi connectivity index (χ1) is 8.01. The van der Waals surface area contributed by atoms with Gasteiger partial charge in [-0.2, -0.15) is 8.42 Å². The van der Waals surface area contributed by atoms with E-state index in [1.807, 2.05) is 6.92 Å². The number of hydrogen-bond acceptors (Lipinski definition) is 6. The first-order valence-corrected chi connectivity index (χ1v) is 7.18. The summed E-state index contributed by atoms with van der Waals surface area (Å²) in [4.78, 5) is 6.49. The van der Waals surface area contributed by atoms with Crippen LogP contribution in [0.25, 0.3) is 0 Å². The summed E-state index contributed by atoms with van der Waals surface area (Å²) < 4.78 is 26.1. The smallest absolute Gasteiger partial charge is 0.280 e. The van der Waals surface area contributed by atoms with Crippen LogP contribution >= 0.6 is 11.3 Å². The van der Waals surface area contributed by atoms with Crippen molar-refractivity contribution in [3.63, 3.8) is 0 Å². The average molecular weight is 273 g/mol. The fraction of sp³-hybridized carbons (Fsp3) is 0.375. The molecule has 17 heavy (non-hydrogen) atoms. The molecule has 7 nitrogen and oxygen atoms in total. The van der Waals surface area contributed by atoms with Crippen LogP contribution in [0.15, 0.2) is 11.2 Å². The van der Waals surface area contributed by atoms with Gasteiger partial charge in [0.1, 0.15) is 10.8 Å². The summed E-state index contributed by atoms with van der Waals surface area (Å²) >= 11 is 1.21. The van der Waals surface area contributed by atoms with Crippen LogP contribution in [0.4, 0.5) is 5.13 Å². The Morgan fingerprint density at radius 3 is 2.76 bits per heavy atom. The number of aromatic amines is 1. The van der Waals surface area contributed by atoms with E-state index in [0.29, 0.717) is 5.82 Å². The second-order valence-corrected chi connectivity index (χ2v) is 6.01. The third-order valence-electron chi connectivity index (χ3n) is 1.96. The number of rotatable bonds is 4. The first-order valence-electron chi connectivity index (χ1n) is 4.88. The van der Waals surface area contributed by atoms with Gasteiger partial charge in [-0.1, -0.05) is 18.3 Å². The maximum atomic E-state index is 11.9. The lowest BCUT2D eigenvalue weighted by atomic mass is 10.5. The maximum absolute atomic E-state index is 11.9. The Labute approximate surface area is 102 Å². The number of imidazole rings is 1. The van der Waals surface area contributed by atoms with Crippen LogP contribution in [0.2, 0.25) is 0 Å². The van der Waals surface area contributed by atoms with Crippen molar-refractivity contribution in [3.8, 4) is 0 Å². The summed E-state index contributed by atoms with van der Waals surface area (Å²) in [5.41, 5.74) is 0. The van der Waals surface area contributed by atoms with Crippen LogP contribution in [0.3, 0.4) is 0 Å². The summed E-state index contributed by atoms with van der Waals surface area (Å²) in [7, 11) is -3.65. The molecule has 0 fully saturated rings. The molecule has 0 aliphatic carbocycles. The number of H-pyrrole nitrogens is 1. The van der Waals surface area contributed by atoms with E-state index in [9.17, 15) is 8.42 Å². The Morgan fingerprint density at radius 1 is 1.47 bits per heavy atom. The topological polar surface area (TPSA) is 101 Å². The highest BCUT2D eigenvalue weighted by Crippen LogP contribution is 2.19. The third-order valence-corrected chi connectivity index (χ3v) is 4.32. The van der Waals surface area contributed by atoms with Crippen LogP contribution in [0, 0.1) is 6.92 Å². The number of hydrogen-bond donors (Lipinski definition) is 2. The molecule has 0 radical (unpaired) electrons. The largest absolute Gasteiger partial charge is 0.332 e. The minimum atomic E-state index is -3.65. The molecule has 2 rings (SSSR count). The zero-order valence-electron chi connectivity index (χ0n) is 9.26. The Kier molecular flexibility index (Phi) is 3.11. The molecule has 92 valence electrons. The summed E-state index contributed by atoms with van der Waals surface area (Å²) in [6.45, 7) is 3.61. The highest BCUT2D eigenvalue weighted by Gasteiger charge is 2.18. The molecule has 0 amide bonds. The first kappa shape index (κ1) is 12.0. The molecule has 0 aliphatic heterocycles. The molecular weight excluding hydrogens is 262 g/mol. The number of sulfonamides is 1. The van der Waals surface area contributed by atoms with Crippen molar-refractivity contribution in [1.82, 2.24) is 20.2 Å². The van der Waals surface area contributed by atoms with Crippen LogP contribution in [0.5, 0.6) is 0 Å². The molecule has 0 spiro atoms. The van der Waals surface area contributed by atoms with Crippen LogP contribution in [0.1, 0.15) is 17.8 Å². The summed E-state index contributed by atoms with van der Waals surface area (Å²) in [5, 5.41) is 8.64. The van der Waals surface area contributed by atoms with Gasteiger partial charge in [0.25, 0.3) is 10.0 Å². The zero-order chi connectivity index (χ0) is 12.5. The van der Waals surface area contributed by atoms with Gasteiger partial charge < -0.3 is 4.98 Å². The SMILES string of the molecule is CCc1nnc(NS(=O)(=O)c2cnc(C)[nH]2)s1. The van der Waals surface area contributed by atoms with Gasteiger partial charge in [-0.05, 0) is 13.3 Å². The number of nitrogens with one attached hydrogen (secondary N) is 2. The number of nitrogens with zero attached hydrogens (tertiary/aromatic N) is 3. The quantitative estimate of drug-likeness (QED) is 0.863. The molecule has 0 unspecified atom stereocenters. The summed E-state index contributed by atoms with van der Waals surface area (Å²) in [5.74, 6) is 0.539. The third kappa shape index (κ3) is 2.61. The molecule has 9 heteroatoms. The molecule has 0 aromatic carbocycles. The van der Waals surface area contributed by atoms with E-state index in [-0.39, 0.29) is 10.2 Å². The zero-order valence-corrected chi connectivity index (χ0v) is 10.9. The standard InChI is InChI=1S/C8H11N5O2S2/c1-3-6-11-12-8(16-6)13-17(14,15)7-4-9-5(2)10-7/h4H,3H2,1-2H3,(H,9,10)(H,12,13). The van der Waals surface area contributed by atoms with Gasteiger partial charge in [-0.25, -0.2) is 4.98 Å². The molecule has 0 saturated carbocycles. The van der Waals surface area contributed by atoms with Gasteiger partial charge in [0.15, 0.2) is 5.03 Å².